The van der Waals surface area contributed by atoms with E-state index in [4.69, 9.17) is 21.1 Å². The molecule has 0 bridgehead atoms. The summed E-state index contributed by atoms with van der Waals surface area (Å²) >= 11 is 6.17. The highest BCUT2D eigenvalue weighted by molar-refractivity contribution is 6.31. The van der Waals surface area contributed by atoms with Crippen LogP contribution in [0.5, 0.6) is 11.5 Å². The number of hydrogen-bond donors (Lipinski definition) is 1. The molecule has 2 rings (SSSR count). The van der Waals surface area contributed by atoms with Crippen LogP contribution in [0.4, 0.5) is 17.1 Å². The molecule has 0 aromatic heterocycles. The van der Waals surface area contributed by atoms with Gasteiger partial charge in [-0.25, -0.2) is 0 Å². The number of halogens is 1. The van der Waals surface area contributed by atoms with Gasteiger partial charge >= 0.3 is 0 Å². The van der Waals surface area contributed by atoms with Crippen molar-refractivity contribution in [3.8, 4) is 11.5 Å². The minimum atomic E-state index is -0.692. The summed E-state index contributed by atoms with van der Waals surface area (Å²) < 4.78 is 10.3. The number of nitrogens with zero attached hydrogens (tertiary/aromatic N) is 2. The fraction of sp³-hybridized carbons (Fsp3) is 0.200. The Hall–Kier alpha value is -3.07. The second-order valence-electron chi connectivity index (χ2n) is 4.87. The molecule has 0 atom stereocenters. The van der Waals surface area contributed by atoms with Gasteiger partial charge in [-0.05, 0) is 17.7 Å². The summed E-state index contributed by atoms with van der Waals surface area (Å²) in [7, 11) is 2.95. The van der Waals surface area contributed by atoms with E-state index in [-0.39, 0.29) is 17.9 Å². The van der Waals surface area contributed by atoms with E-state index in [0.29, 0.717) is 22.1 Å². The van der Waals surface area contributed by atoms with Gasteiger partial charge in [-0.15, -0.1) is 0 Å². The first-order valence-corrected chi connectivity index (χ1v) is 7.32. The molecule has 1 N–H and O–H groups in total. The van der Waals surface area contributed by atoms with E-state index >= 15 is 0 Å². The second-order valence-corrected chi connectivity index (χ2v) is 5.28. The minimum absolute atomic E-state index is 0.140. The molecule has 0 aliphatic carbocycles. The Kier molecular flexibility index (Phi) is 5.60. The molecule has 0 saturated carbocycles. The topological polar surface area (TPSA) is 117 Å². The third-order valence-electron chi connectivity index (χ3n) is 3.41. The molecule has 0 amide bonds. The third kappa shape index (κ3) is 4.07. The van der Waals surface area contributed by atoms with Crippen LogP contribution in [0.1, 0.15) is 5.56 Å². The molecule has 0 spiro atoms. The molecule has 0 radical (unpaired) electrons. The van der Waals surface area contributed by atoms with Gasteiger partial charge in [0.05, 0.1) is 30.1 Å². The zero-order valence-electron chi connectivity index (χ0n) is 13.3. The van der Waals surface area contributed by atoms with Crippen molar-refractivity contribution in [2.24, 2.45) is 0 Å². The summed E-state index contributed by atoms with van der Waals surface area (Å²) in [5, 5.41) is 25.1. The predicted molar refractivity (Wildman–Crippen MR) is 91.6 cm³/mol. The molecule has 0 unspecified atom stereocenters. The van der Waals surface area contributed by atoms with Crippen LogP contribution in [0, 0.1) is 20.2 Å². The maximum atomic E-state index is 11.1. The SMILES string of the molecule is COc1cc(Cl)c(CNc2ccc([N+](=O)[O-])cc2[N+](=O)[O-])cc1OC. The van der Waals surface area contributed by atoms with E-state index in [1.54, 1.807) is 12.1 Å². The van der Waals surface area contributed by atoms with Gasteiger partial charge in [0, 0.05) is 23.7 Å². The molecule has 132 valence electrons. The summed E-state index contributed by atoms with van der Waals surface area (Å²) in [5.41, 5.74) is 0.000571. The van der Waals surface area contributed by atoms with Crippen molar-refractivity contribution in [2.75, 3.05) is 19.5 Å². The number of anilines is 1. The molecule has 2 aromatic carbocycles. The van der Waals surface area contributed by atoms with Gasteiger partial charge in [-0.2, -0.15) is 0 Å². The van der Waals surface area contributed by atoms with Gasteiger partial charge in [-0.1, -0.05) is 11.6 Å². The van der Waals surface area contributed by atoms with Crippen LogP contribution in [0.25, 0.3) is 0 Å². The van der Waals surface area contributed by atoms with Gasteiger partial charge in [0.25, 0.3) is 11.4 Å². The fourth-order valence-electron chi connectivity index (χ4n) is 2.16. The number of ether oxygens (including phenoxy) is 2. The number of nitro groups is 2. The van der Waals surface area contributed by atoms with E-state index < -0.39 is 15.5 Å². The van der Waals surface area contributed by atoms with Crippen molar-refractivity contribution >= 4 is 28.7 Å². The summed E-state index contributed by atoms with van der Waals surface area (Å²) in [5.74, 6) is 0.916. The smallest absolute Gasteiger partial charge is 0.299 e. The first-order chi connectivity index (χ1) is 11.9. The number of nitrogens with one attached hydrogen (secondary N) is 1. The molecule has 25 heavy (non-hydrogen) atoms. The summed E-state index contributed by atoms with van der Waals surface area (Å²) in [6.45, 7) is 0.151. The molecule has 2 aromatic rings. The third-order valence-corrected chi connectivity index (χ3v) is 3.76. The van der Waals surface area contributed by atoms with Crippen molar-refractivity contribution in [3.63, 3.8) is 0 Å². The van der Waals surface area contributed by atoms with Crippen LogP contribution >= 0.6 is 11.6 Å². The minimum Gasteiger partial charge on any atom is -0.493 e. The van der Waals surface area contributed by atoms with Crippen LogP contribution in [-0.4, -0.2) is 24.1 Å². The second kappa shape index (κ2) is 7.67. The Balaban J connectivity index is 2.30. The lowest BCUT2D eigenvalue weighted by atomic mass is 10.1. The molecule has 0 heterocycles. The molecule has 10 heteroatoms. The van der Waals surface area contributed by atoms with Gasteiger partial charge in [0.2, 0.25) is 0 Å². The first-order valence-electron chi connectivity index (χ1n) is 6.94. The number of benzene rings is 2. The van der Waals surface area contributed by atoms with E-state index in [0.717, 1.165) is 6.07 Å². The lowest BCUT2D eigenvalue weighted by Crippen LogP contribution is -2.04. The zero-order valence-corrected chi connectivity index (χ0v) is 14.1. The van der Waals surface area contributed by atoms with Crippen molar-refractivity contribution in [2.45, 2.75) is 6.54 Å². The quantitative estimate of drug-likeness (QED) is 0.584. The van der Waals surface area contributed by atoms with E-state index in [2.05, 4.69) is 5.32 Å². The highest BCUT2D eigenvalue weighted by atomic mass is 35.5. The largest absolute Gasteiger partial charge is 0.493 e. The van der Waals surface area contributed by atoms with Crippen LogP contribution in [-0.2, 0) is 6.54 Å². The Morgan fingerprint density at radius 1 is 1.04 bits per heavy atom. The Morgan fingerprint density at radius 3 is 2.24 bits per heavy atom. The Bertz CT molecular complexity index is 827. The van der Waals surface area contributed by atoms with Crippen molar-refractivity contribution in [3.05, 3.63) is 61.1 Å². The number of hydrogen-bond acceptors (Lipinski definition) is 7. The van der Waals surface area contributed by atoms with E-state index in [1.165, 1.54) is 26.4 Å². The molecule has 0 aliphatic rings. The van der Waals surface area contributed by atoms with Gasteiger partial charge < -0.3 is 14.8 Å². The van der Waals surface area contributed by atoms with Crippen LogP contribution in [0.3, 0.4) is 0 Å². The van der Waals surface area contributed by atoms with Crippen molar-refractivity contribution < 1.29 is 19.3 Å². The molecule has 0 saturated heterocycles. The predicted octanol–water partition coefficient (Wildman–Crippen LogP) is 3.79. The lowest BCUT2D eigenvalue weighted by Gasteiger charge is -2.13. The van der Waals surface area contributed by atoms with E-state index in [9.17, 15) is 20.2 Å². The maximum absolute atomic E-state index is 11.1. The molecule has 0 aliphatic heterocycles. The van der Waals surface area contributed by atoms with Crippen LogP contribution < -0.4 is 14.8 Å². The molecule has 9 nitrogen and oxygen atoms in total. The van der Waals surface area contributed by atoms with Gasteiger partial charge in [0.1, 0.15) is 5.69 Å². The number of methoxy groups -OCH3 is 2. The standard InChI is InChI=1S/C15H14ClN3O6/c1-24-14-5-9(11(16)7-15(14)25-2)8-17-12-4-3-10(18(20)21)6-13(12)19(22)23/h3-7,17H,8H2,1-2H3. The van der Waals surface area contributed by atoms with Gasteiger partial charge in [-0.3, -0.25) is 20.2 Å². The highest BCUT2D eigenvalue weighted by Gasteiger charge is 2.19. The monoisotopic (exact) mass is 367 g/mol. The number of non-ortho nitro benzene ring substituents is 1. The van der Waals surface area contributed by atoms with Crippen LogP contribution in [0.15, 0.2) is 30.3 Å². The highest BCUT2D eigenvalue weighted by Crippen LogP contribution is 2.34. The average Bonchev–Trinajstić information content (AvgIpc) is 2.59. The normalized spacial score (nSPS) is 10.2. The van der Waals surface area contributed by atoms with E-state index in [1.807, 2.05) is 0 Å². The van der Waals surface area contributed by atoms with Crippen molar-refractivity contribution in [1.29, 1.82) is 0 Å². The average molecular weight is 368 g/mol. The lowest BCUT2D eigenvalue weighted by molar-refractivity contribution is -0.393. The summed E-state index contributed by atoms with van der Waals surface area (Å²) in [6, 6.07) is 6.59. The molecular formula is C15H14ClN3O6. The molecular weight excluding hydrogens is 354 g/mol. The number of rotatable bonds is 7. The van der Waals surface area contributed by atoms with Crippen molar-refractivity contribution in [1.82, 2.24) is 0 Å². The fourth-order valence-corrected chi connectivity index (χ4v) is 2.38. The number of nitro benzene ring substituents is 2. The molecule has 0 fully saturated rings. The Morgan fingerprint density at radius 2 is 1.68 bits per heavy atom. The zero-order chi connectivity index (χ0) is 18.6. The van der Waals surface area contributed by atoms with Crippen LogP contribution in [0.2, 0.25) is 5.02 Å². The summed E-state index contributed by atoms with van der Waals surface area (Å²) in [6.07, 6.45) is 0. The maximum Gasteiger partial charge on any atom is 0.299 e. The van der Waals surface area contributed by atoms with Gasteiger partial charge in [0.15, 0.2) is 11.5 Å². The summed E-state index contributed by atoms with van der Waals surface area (Å²) in [4.78, 5) is 20.5. The first kappa shape index (κ1) is 18.3. The Labute approximate surface area is 147 Å².